The summed E-state index contributed by atoms with van der Waals surface area (Å²) in [6.07, 6.45) is -0.431. The van der Waals surface area contributed by atoms with Crippen molar-refractivity contribution in [2.75, 3.05) is 13.2 Å². The van der Waals surface area contributed by atoms with Gasteiger partial charge in [0.25, 0.3) is 0 Å². The lowest BCUT2D eigenvalue weighted by molar-refractivity contribution is -0.722. The Hall–Kier alpha value is -1.06. The van der Waals surface area contributed by atoms with Gasteiger partial charge in [-0.2, -0.15) is 0 Å². The predicted octanol–water partition coefficient (Wildman–Crippen LogP) is 0.788. The zero-order chi connectivity index (χ0) is 12.0. The molecule has 0 unspecified atom stereocenters. The van der Waals surface area contributed by atoms with Crippen molar-refractivity contribution in [1.82, 2.24) is 0 Å². The molecule has 0 bridgehead atoms. The molecule has 0 saturated heterocycles. The van der Waals surface area contributed by atoms with E-state index in [0.717, 1.165) is 5.75 Å². The Bertz CT molecular complexity index is 293. The summed E-state index contributed by atoms with van der Waals surface area (Å²) in [6, 6.07) is 9.56. The van der Waals surface area contributed by atoms with Crippen LogP contribution in [0.1, 0.15) is 20.8 Å². The van der Waals surface area contributed by atoms with Crippen LogP contribution in [0.5, 0.6) is 5.75 Å². The van der Waals surface area contributed by atoms with Crippen LogP contribution in [0.15, 0.2) is 30.3 Å². The number of ether oxygens (including phenoxy) is 1. The highest BCUT2D eigenvalue weighted by Crippen LogP contribution is 2.08. The van der Waals surface area contributed by atoms with Gasteiger partial charge in [-0.1, -0.05) is 18.2 Å². The summed E-state index contributed by atoms with van der Waals surface area (Å²) in [7, 11) is 0. The molecule has 0 spiro atoms. The van der Waals surface area contributed by atoms with Crippen LogP contribution in [0.3, 0.4) is 0 Å². The van der Waals surface area contributed by atoms with Crippen molar-refractivity contribution < 1.29 is 15.2 Å². The molecule has 0 aliphatic rings. The third-order valence-electron chi connectivity index (χ3n) is 2.19. The molecule has 16 heavy (non-hydrogen) atoms. The summed E-state index contributed by atoms with van der Waals surface area (Å²) in [5, 5.41) is 11.8. The van der Waals surface area contributed by atoms with Gasteiger partial charge in [-0.25, -0.2) is 0 Å². The van der Waals surface area contributed by atoms with Gasteiger partial charge < -0.3 is 15.2 Å². The van der Waals surface area contributed by atoms with Gasteiger partial charge in [0.05, 0.1) is 5.54 Å². The van der Waals surface area contributed by atoms with E-state index in [9.17, 15) is 5.11 Å². The van der Waals surface area contributed by atoms with E-state index in [1.165, 1.54) is 0 Å². The Kier molecular flexibility index (Phi) is 4.77. The molecule has 0 radical (unpaired) electrons. The lowest BCUT2D eigenvalue weighted by Crippen LogP contribution is -2.96. The summed E-state index contributed by atoms with van der Waals surface area (Å²) < 4.78 is 5.46. The molecule has 90 valence electrons. The van der Waals surface area contributed by atoms with Crippen LogP contribution in [0.4, 0.5) is 0 Å². The predicted molar refractivity (Wildman–Crippen MR) is 64.5 cm³/mol. The first-order valence-electron chi connectivity index (χ1n) is 5.68. The quantitative estimate of drug-likeness (QED) is 0.776. The van der Waals surface area contributed by atoms with Crippen LogP contribution in [0.2, 0.25) is 0 Å². The zero-order valence-electron chi connectivity index (χ0n) is 10.3. The number of hydrogen-bond donors (Lipinski definition) is 2. The fraction of sp³-hybridized carbons (Fsp3) is 0.538. The van der Waals surface area contributed by atoms with Gasteiger partial charge >= 0.3 is 0 Å². The highest BCUT2D eigenvalue weighted by Gasteiger charge is 2.16. The van der Waals surface area contributed by atoms with Gasteiger partial charge in [-0.15, -0.1) is 0 Å². The van der Waals surface area contributed by atoms with Crippen LogP contribution in [0, 0.1) is 0 Å². The number of hydrogen-bond acceptors (Lipinski definition) is 2. The minimum atomic E-state index is -0.431. The van der Waals surface area contributed by atoms with E-state index in [-0.39, 0.29) is 5.54 Å². The second kappa shape index (κ2) is 5.87. The van der Waals surface area contributed by atoms with Gasteiger partial charge in [0.2, 0.25) is 0 Å². The van der Waals surface area contributed by atoms with Crippen molar-refractivity contribution in [1.29, 1.82) is 0 Å². The molecule has 1 atom stereocenters. The molecule has 0 amide bonds. The first-order chi connectivity index (χ1) is 7.47. The van der Waals surface area contributed by atoms with Crippen LogP contribution >= 0.6 is 0 Å². The zero-order valence-corrected chi connectivity index (χ0v) is 10.3. The van der Waals surface area contributed by atoms with Crippen molar-refractivity contribution in [3.05, 3.63) is 30.3 Å². The van der Waals surface area contributed by atoms with E-state index < -0.39 is 6.10 Å². The van der Waals surface area contributed by atoms with Crippen molar-refractivity contribution in [2.45, 2.75) is 32.4 Å². The Labute approximate surface area is 97.4 Å². The van der Waals surface area contributed by atoms with Crippen LogP contribution < -0.4 is 10.1 Å². The van der Waals surface area contributed by atoms with Crippen LogP contribution in [0.25, 0.3) is 0 Å². The molecule has 0 saturated carbocycles. The summed E-state index contributed by atoms with van der Waals surface area (Å²) in [5.74, 6) is 0.803. The highest BCUT2D eigenvalue weighted by atomic mass is 16.5. The SMILES string of the molecule is CC(C)(C)[NH2+]C[C@@H](O)COc1ccccc1. The summed E-state index contributed by atoms with van der Waals surface area (Å²) in [5.41, 5.74) is 0.147. The van der Waals surface area contributed by atoms with E-state index in [2.05, 4.69) is 26.1 Å². The molecule has 0 heterocycles. The highest BCUT2D eigenvalue weighted by molar-refractivity contribution is 5.20. The van der Waals surface area contributed by atoms with E-state index in [1.54, 1.807) is 0 Å². The first kappa shape index (κ1) is 13.0. The molecule has 0 aromatic heterocycles. The van der Waals surface area contributed by atoms with Crippen molar-refractivity contribution >= 4 is 0 Å². The standard InChI is InChI=1S/C13H21NO2/c1-13(2,3)14-9-11(15)10-16-12-7-5-4-6-8-12/h4-8,11,14-15H,9-10H2,1-3H3/p+1/t11-/m1/s1. The molecule has 3 heteroatoms. The molecular formula is C13H22NO2+. The Morgan fingerprint density at radius 1 is 1.25 bits per heavy atom. The Morgan fingerprint density at radius 3 is 2.44 bits per heavy atom. The average Bonchev–Trinajstić information content (AvgIpc) is 2.24. The lowest BCUT2D eigenvalue weighted by atomic mass is 10.1. The van der Waals surface area contributed by atoms with Crippen molar-refractivity contribution in [2.24, 2.45) is 0 Å². The maximum Gasteiger partial charge on any atom is 0.137 e. The average molecular weight is 224 g/mol. The molecular weight excluding hydrogens is 202 g/mol. The van der Waals surface area contributed by atoms with E-state index in [4.69, 9.17) is 4.74 Å². The lowest BCUT2D eigenvalue weighted by Gasteiger charge is -2.19. The molecule has 1 rings (SSSR count). The van der Waals surface area contributed by atoms with Crippen LogP contribution in [-0.2, 0) is 0 Å². The smallest absolute Gasteiger partial charge is 0.137 e. The van der Waals surface area contributed by atoms with E-state index in [1.807, 2.05) is 30.3 Å². The van der Waals surface area contributed by atoms with Crippen molar-refractivity contribution in [3.63, 3.8) is 0 Å². The minimum absolute atomic E-state index is 0.147. The number of aliphatic hydroxyl groups excluding tert-OH is 1. The summed E-state index contributed by atoms with van der Waals surface area (Å²) in [4.78, 5) is 0. The summed E-state index contributed by atoms with van der Waals surface area (Å²) >= 11 is 0. The molecule has 0 aliphatic heterocycles. The first-order valence-corrected chi connectivity index (χ1v) is 5.68. The molecule has 0 fully saturated rings. The molecule has 3 nitrogen and oxygen atoms in total. The van der Waals surface area contributed by atoms with Crippen molar-refractivity contribution in [3.8, 4) is 5.75 Å². The van der Waals surface area contributed by atoms with Gasteiger partial charge in [-0.3, -0.25) is 0 Å². The fourth-order valence-electron chi connectivity index (χ4n) is 1.27. The Balaban J connectivity index is 2.23. The summed E-state index contributed by atoms with van der Waals surface area (Å²) in [6.45, 7) is 7.38. The number of benzene rings is 1. The number of nitrogens with two attached hydrogens (primary N) is 1. The maximum absolute atomic E-state index is 9.72. The third-order valence-corrected chi connectivity index (χ3v) is 2.19. The van der Waals surface area contributed by atoms with E-state index in [0.29, 0.717) is 13.2 Å². The monoisotopic (exact) mass is 224 g/mol. The molecule has 1 aromatic rings. The fourth-order valence-corrected chi connectivity index (χ4v) is 1.27. The third kappa shape index (κ3) is 5.73. The normalized spacial score (nSPS) is 13.5. The minimum Gasteiger partial charge on any atom is -0.491 e. The largest absolute Gasteiger partial charge is 0.491 e. The van der Waals surface area contributed by atoms with Gasteiger partial charge in [-0.05, 0) is 32.9 Å². The van der Waals surface area contributed by atoms with Gasteiger partial charge in [0, 0.05) is 0 Å². The number of rotatable bonds is 5. The molecule has 3 N–H and O–H groups in total. The second-order valence-corrected chi connectivity index (χ2v) is 5.08. The van der Waals surface area contributed by atoms with Gasteiger partial charge in [0.1, 0.15) is 25.0 Å². The number of aliphatic hydroxyl groups is 1. The second-order valence-electron chi connectivity index (χ2n) is 5.08. The Morgan fingerprint density at radius 2 is 1.88 bits per heavy atom. The number of quaternary nitrogens is 1. The van der Waals surface area contributed by atoms with Crippen LogP contribution in [-0.4, -0.2) is 29.9 Å². The van der Waals surface area contributed by atoms with Gasteiger partial charge in [0.15, 0.2) is 0 Å². The topological polar surface area (TPSA) is 46.1 Å². The number of para-hydroxylation sites is 1. The maximum atomic E-state index is 9.72. The van der Waals surface area contributed by atoms with E-state index >= 15 is 0 Å². The molecule has 1 aromatic carbocycles. The molecule has 0 aliphatic carbocycles.